The first-order valence-electron chi connectivity index (χ1n) is 7.01. The Morgan fingerprint density at radius 2 is 1.86 bits per heavy atom. The number of aryl methyl sites for hydroxylation is 1. The summed E-state index contributed by atoms with van der Waals surface area (Å²) in [5.74, 6) is -1.17. The average Bonchev–Trinajstić information content (AvgIpc) is 2.70. The maximum Gasteiger partial charge on any atom is 0.263 e. The number of carbonyl (C=O) groups excluding carboxylic acids is 2. The maximum atomic E-state index is 13.5. The molecule has 3 rings (SSSR count). The molecule has 0 radical (unpaired) electrons. The van der Waals surface area contributed by atoms with Crippen molar-refractivity contribution in [2.24, 2.45) is 0 Å². The van der Waals surface area contributed by atoms with E-state index in [0.29, 0.717) is 35.2 Å². The molecule has 0 bridgehead atoms. The van der Waals surface area contributed by atoms with Crippen molar-refractivity contribution in [2.45, 2.75) is 6.92 Å². The van der Waals surface area contributed by atoms with E-state index in [1.807, 2.05) is 19.0 Å². The van der Waals surface area contributed by atoms with Crippen molar-refractivity contribution < 1.29 is 14.0 Å². The van der Waals surface area contributed by atoms with Crippen molar-refractivity contribution in [3.63, 3.8) is 0 Å². The Kier molecular flexibility index (Phi) is 3.41. The van der Waals surface area contributed by atoms with Crippen LogP contribution in [-0.2, 0) is 0 Å². The molecule has 2 aromatic rings. The molecule has 2 heterocycles. The van der Waals surface area contributed by atoms with Crippen molar-refractivity contribution in [1.29, 1.82) is 0 Å². The van der Waals surface area contributed by atoms with Crippen molar-refractivity contribution >= 4 is 22.7 Å². The van der Waals surface area contributed by atoms with Crippen molar-refractivity contribution in [3.8, 4) is 0 Å². The number of aromatic nitrogens is 1. The first-order valence-corrected chi connectivity index (χ1v) is 7.01. The zero-order valence-corrected chi connectivity index (χ0v) is 12.7. The van der Waals surface area contributed by atoms with E-state index in [0.717, 1.165) is 0 Å². The van der Waals surface area contributed by atoms with E-state index in [4.69, 9.17) is 0 Å². The third kappa shape index (κ3) is 2.16. The molecule has 5 nitrogen and oxygen atoms in total. The zero-order valence-electron chi connectivity index (χ0n) is 12.7. The molecule has 0 aliphatic carbocycles. The van der Waals surface area contributed by atoms with Crippen LogP contribution in [0.4, 0.5) is 4.39 Å². The number of rotatable bonds is 3. The number of fused-ring (bicyclic) bond motifs is 3. The molecule has 0 unspecified atom stereocenters. The van der Waals surface area contributed by atoms with Crippen LogP contribution in [0.15, 0.2) is 18.2 Å². The van der Waals surface area contributed by atoms with E-state index in [1.165, 1.54) is 23.1 Å². The van der Waals surface area contributed by atoms with Gasteiger partial charge in [0, 0.05) is 18.5 Å². The summed E-state index contributed by atoms with van der Waals surface area (Å²) in [5.41, 5.74) is 1.58. The summed E-state index contributed by atoms with van der Waals surface area (Å²) in [6.07, 6.45) is 0. The van der Waals surface area contributed by atoms with Crippen molar-refractivity contribution in [2.75, 3.05) is 27.2 Å². The molecule has 22 heavy (non-hydrogen) atoms. The van der Waals surface area contributed by atoms with E-state index >= 15 is 0 Å². The Hall–Kier alpha value is -2.34. The molecule has 1 aliphatic rings. The predicted molar refractivity (Wildman–Crippen MR) is 80.4 cm³/mol. The predicted octanol–water partition coefficient (Wildman–Crippen LogP) is 1.84. The Balaban J connectivity index is 2.16. The second-order valence-electron chi connectivity index (χ2n) is 5.67. The number of nitrogens with zero attached hydrogens (tertiary/aromatic N) is 3. The monoisotopic (exact) mass is 301 g/mol. The first-order chi connectivity index (χ1) is 10.4. The quantitative estimate of drug-likeness (QED) is 0.812. The lowest BCUT2D eigenvalue weighted by atomic mass is 10.0. The van der Waals surface area contributed by atoms with Gasteiger partial charge in [-0.15, -0.1) is 0 Å². The Morgan fingerprint density at radius 1 is 1.18 bits per heavy atom. The molecule has 1 aromatic carbocycles. The number of halogens is 1. The standard InChI is InChI=1S/C16H16FN3O2/c1-9-13-14(11-8-10(17)4-5-12(11)18-9)16(22)20(15(13)21)7-6-19(2)3/h4-5,8H,6-7H2,1-3H3. The summed E-state index contributed by atoms with van der Waals surface area (Å²) in [4.78, 5) is 32.6. The molecular formula is C16H16FN3O2. The van der Waals surface area contributed by atoms with E-state index in [2.05, 4.69) is 4.98 Å². The normalized spacial score (nSPS) is 14.3. The number of amides is 2. The van der Waals surface area contributed by atoms with Gasteiger partial charge in [0.05, 0.1) is 22.3 Å². The fourth-order valence-corrected chi connectivity index (χ4v) is 2.71. The van der Waals surface area contributed by atoms with Crippen molar-refractivity contribution in [1.82, 2.24) is 14.8 Å². The van der Waals surface area contributed by atoms with Crippen LogP contribution in [0.5, 0.6) is 0 Å². The first kappa shape index (κ1) is 14.6. The summed E-state index contributed by atoms with van der Waals surface area (Å²) in [6, 6.07) is 4.09. The van der Waals surface area contributed by atoms with Gasteiger partial charge in [0.1, 0.15) is 5.82 Å². The number of hydrogen-bond acceptors (Lipinski definition) is 4. The largest absolute Gasteiger partial charge is 0.308 e. The number of pyridine rings is 1. The highest BCUT2D eigenvalue weighted by Crippen LogP contribution is 2.31. The molecule has 1 aromatic heterocycles. The second-order valence-corrected chi connectivity index (χ2v) is 5.67. The van der Waals surface area contributed by atoms with Gasteiger partial charge in [0.25, 0.3) is 11.8 Å². The van der Waals surface area contributed by atoms with Gasteiger partial charge in [-0.25, -0.2) is 4.39 Å². The highest BCUT2D eigenvalue weighted by Gasteiger charge is 2.38. The highest BCUT2D eigenvalue weighted by atomic mass is 19.1. The summed E-state index contributed by atoms with van der Waals surface area (Å²) in [5, 5.41) is 0.395. The number of hydrogen-bond donors (Lipinski definition) is 0. The summed E-state index contributed by atoms with van der Waals surface area (Å²) >= 11 is 0. The molecule has 1 aliphatic heterocycles. The van der Waals surface area contributed by atoms with E-state index in [-0.39, 0.29) is 17.4 Å². The summed E-state index contributed by atoms with van der Waals surface area (Å²) < 4.78 is 13.5. The van der Waals surface area contributed by atoms with Crippen LogP contribution >= 0.6 is 0 Å². The van der Waals surface area contributed by atoms with Gasteiger partial charge in [-0.05, 0) is 39.2 Å². The topological polar surface area (TPSA) is 53.5 Å². The molecule has 114 valence electrons. The molecular weight excluding hydrogens is 285 g/mol. The minimum Gasteiger partial charge on any atom is -0.308 e. The lowest BCUT2D eigenvalue weighted by Gasteiger charge is -2.16. The molecule has 6 heteroatoms. The molecule has 0 fully saturated rings. The van der Waals surface area contributed by atoms with E-state index < -0.39 is 5.82 Å². The molecule has 0 spiro atoms. The smallest absolute Gasteiger partial charge is 0.263 e. The number of likely N-dealkylation sites (N-methyl/N-ethyl adjacent to an activating group) is 1. The van der Waals surface area contributed by atoms with Gasteiger partial charge in [-0.2, -0.15) is 0 Å². The van der Waals surface area contributed by atoms with Crippen molar-refractivity contribution in [3.05, 3.63) is 40.8 Å². The number of imide groups is 1. The number of benzene rings is 1. The molecule has 0 saturated heterocycles. The van der Waals surface area contributed by atoms with Gasteiger partial charge in [0.2, 0.25) is 0 Å². The fourth-order valence-electron chi connectivity index (χ4n) is 2.71. The van der Waals surface area contributed by atoms with Gasteiger partial charge in [0.15, 0.2) is 0 Å². The lowest BCUT2D eigenvalue weighted by molar-refractivity contribution is 0.0645. The second kappa shape index (κ2) is 5.14. The summed E-state index contributed by atoms with van der Waals surface area (Å²) in [7, 11) is 3.74. The SMILES string of the molecule is Cc1nc2ccc(F)cc2c2c1C(=O)N(CCN(C)C)C2=O. The van der Waals surface area contributed by atoms with Gasteiger partial charge >= 0.3 is 0 Å². The minimum atomic E-state index is -0.452. The molecule has 0 N–H and O–H groups in total. The molecule has 0 saturated carbocycles. The van der Waals surface area contributed by atoms with Crippen LogP contribution in [0.25, 0.3) is 10.9 Å². The van der Waals surface area contributed by atoms with E-state index in [9.17, 15) is 14.0 Å². The molecule has 2 amide bonds. The number of carbonyl (C=O) groups is 2. The lowest BCUT2D eigenvalue weighted by Crippen LogP contribution is -2.36. The van der Waals surface area contributed by atoms with Crippen LogP contribution in [0.1, 0.15) is 26.4 Å². The van der Waals surface area contributed by atoms with Crippen LogP contribution in [0, 0.1) is 12.7 Å². The third-order valence-electron chi connectivity index (χ3n) is 3.82. The minimum absolute atomic E-state index is 0.269. The van der Waals surface area contributed by atoms with Crippen LogP contribution in [-0.4, -0.2) is 53.8 Å². The highest BCUT2D eigenvalue weighted by molar-refractivity contribution is 6.26. The Morgan fingerprint density at radius 3 is 2.55 bits per heavy atom. The van der Waals surface area contributed by atoms with Crippen LogP contribution < -0.4 is 0 Å². The fraction of sp³-hybridized carbons (Fsp3) is 0.312. The van der Waals surface area contributed by atoms with Crippen LogP contribution in [0.2, 0.25) is 0 Å². The molecule has 0 atom stereocenters. The van der Waals surface area contributed by atoms with Gasteiger partial charge in [-0.3, -0.25) is 19.5 Å². The van der Waals surface area contributed by atoms with E-state index in [1.54, 1.807) is 6.92 Å². The van der Waals surface area contributed by atoms with Gasteiger partial charge in [-0.1, -0.05) is 0 Å². The maximum absolute atomic E-state index is 13.5. The third-order valence-corrected chi connectivity index (χ3v) is 3.82. The van der Waals surface area contributed by atoms with Gasteiger partial charge < -0.3 is 4.90 Å². The summed E-state index contributed by atoms with van der Waals surface area (Å²) in [6.45, 7) is 2.57. The Labute approximate surface area is 127 Å². The zero-order chi connectivity index (χ0) is 16.0. The Bertz CT molecular complexity index is 802. The average molecular weight is 301 g/mol. The van der Waals surface area contributed by atoms with Crippen LogP contribution in [0.3, 0.4) is 0 Å².